The number of benzene rings is 2. The molecule has 0 unspecified atom stereocenters. The summed E-state index contributed by atoms with van der Waals surface area (Å²) >= 11 is 12.0. The van der Waals surface area contributed by atoms with Gasteiger partial charge in [-0.1, -0.05) is 34.5 Å². The average Bonchev–Trinajstić information content (AvgIpc) is 3.18. The Morgan fingerprint density at radius 2 is 1.88 bits per heavy atom. The molecule has 0 aliphatic heterocycles. The number of fused-ring (bicyclic) bond motifs is 1. The van der Waals surface area contributed by atoms with E-state index >= 15 is 0 Å². The van der Waals surface area contributed by atoms with E-state index < -0.39 is 29.8 Å². The van der Waals surface area contributed by atoms with Crippen LogP contribution in [0.3, 0.4) is 0 Å². The Morgan fingerprint density at radius 1 is 1.12 bits per heavy atom. The normalized spacial score (nSPS) is 11.7. The van der Waals surface area contributed by atoms with E-state index in [4.69, 9.17) is 23.2 Å². The molecule has 0 saturated heterocycles. The maximum absolute atomic E-state index is 12.9. The summed E-state index contributed by atoms with van der Waals surface area (Å²) in [6, 6.07) is 7.68. The van der Waals surface area contributed by atoms with E-state index in [1.807, 2.05) is 6.92 Å². The summed E-state index contributed by atoms with van der Waals surface area (Å²) < 4.78 is 41.0. The maximum atomic E-state index is 12.9. The van der Waals surface area contributed by atoms with Crippen LogP contribution < -0.4 is 10.9 Å². The van der Waals surface area contributed by atoms with Gasteiger partial charge in [0.05, 0.1) is 22.0 Å². The number of aryl methyl sites for hydroxylation is 1. The molecular formula is C20H13Cl2F3N6O2. The van der Waals surface area contributed by atoms with Crippen LogP contribution in [0.2, 0.25) is 10.0 Å². The van der Waals surface area contributed by atoms with Gasteiger partial charge in [0.15, 0.2) is 11.2 Å². The van der Waals surface area contributed by atoms with Gasteiger partial charge in [0.25, 0.3) is 5.56 Å². The number of carbonyl (C=O) groups is 1. The topological polar surface area (TPSA) is 94.7 Å². The molecule has 2 heterocycles. The molecular weight excluding hydrogens is 484 g/mol. The number of nitrogens with zero attached hydrogens (tertiary/aromatic N) is 5. The molecule has 0 spiro atoms. The fourth-order valence-electron chi connectivity index (χ4n) is 2.99. The van der Waals surface area contributed by atoms with Crippen molar-refractivity contribution in [1.82, 2.24) is 24.5 Å². The number of rotatable bonds is 4. The minimum absolute atomic E-state index is 0.0861. The lowest BCUT2D eigenvalue weighted by atomic mass is 10.2. The number of aromatic nitrogens is 5. The monoisotopic (exact) mass is 496 g/mol. The molecule has 0 aliphatic carbocycles. The van der Waals surface area contributed by atoms with Gasteiger partial charge in [-0.15, -0.1) is 5.10 Å². The van der Waals surface area contributed by atoms with Gasteiger partial charge in [-0.05, 0) is 42.8 Å². The Morgan fingerprint density at radius 3 is 2.58 bits per heavy atom. The highest BCUT2D eigenvalue weighted by Gasteiger charge is 2.31. The zero-order valence-electron chi connectivity index (χ0n) is 16.7. The first-order valence-electron chi connectivity index (χ1n) is 9.28. The predicted octanol–water partition coefficient (Wildman–Crippen LogP) is 4.25. The summed E-state index contributed by atoms with van der Waals surface area (Å²) in [5.41, 5.74) is -0.427. The van der Waals surface area contributed by atoms with Gasteiger partial charge in [-0.3, -0.25) is 14.2 Å². The highest BCUT2D eigenvalue weighted by Crippen LogP contribution is 2.33. The van der Waals surface area contributed by atoms with E-state index in [-0.39, 0.29) is 21.9 Å². The lowest BCUT2D eigenvalue weighted by Gasteiger charge is -2.12. The number of nitrogens with one attached hydrogen (secondary N) is 1. The van der Waals surface area contributed by atoms with Gasteiger partial charge in [0, 0.05) is 5.02 Å². The zero-order chi connectivity index (χ0) is 23.9. The van der Waals surface area contributed by atoms with Crippen LogP contribution in [0.15, 0.2) is 47.5 Å². The van der Waals surface area contributed by atoms with Crippen molar-refractivity contribution in [1.29, 1.82) is 0 Å². The van der Waals surface area contributed by atoms with Crippen LogP contribution in [-0.4, -0.2) is 30.5 Å². The van der Waals surface area contributed by atoms with Crippen LogP contribution in [0, 0.1) is 6.92 Å². The molecule has 0 saturated carbocycles. The van der Waals surface area contributed by atoms with Crippen LogP contribution in [0.25, 0.3) is 16.9 Å². The summed E-state index contributed by atoms with van der Waals surface area (Å²) in [5, 5.41) is 10.5. The van der Waals surface area contributed by atoms with E-state index in [0.29, 0.717) is 16.8 Å². The number of alkyl halides is 3. The Balaban J connectivity index is 1.60. The number of hydrogen-bond donors (Lipinski definition) is 1. The average molecular weight is 497 g/mol. The number of amides is 1. The second-order valence-corrected chi connectivity index (χ2v) is 7.84. The number of anilines is 1. The number of halogens is 5. The van der Waals surface area contributed by atoms with Crippen molar-refractivity contribution in [3.8, 4) is 5.69 Å². The van der Waals surface area contributed by atoms with Crippen molar-refractivity contribution in [3.05, 3.63) is 74.3 Å². The molecule has 1 amide bonds. The van der Waals surface area contributed by atoms with E-state index in [0.717, 1.165) is 28.6 Å². The molecule has 13 heteroatoms. The molecule has 2 aromatic carbocycles. The van der Waals surface area contributed by atoms with E-state index in [9.17, 15) is 22.8 Å². The van der Waals surface area contributed by atoms with Crippen LogP contribution in [0.1, 0.15) is 11.1 Å². The molecule has 33 heavy (non-hydrogen) atoms. The molecule has 0 fully saturated rings. The third-order valence-electron chi connectivity index (χ3n) is 4.71. The minimum Gasteiger partial charge on any atom is -0.323 e. The molecule has 0 aliphatic rings. The molecule has 4 rings (SSSR count). The molecule has 0 atom stereocenters. The summed E-state index contributed by atoms with van der Waals surface area (Å²) in [7, 11) is 0. The first kappa shape index (κ1) is 22.7. The fraction of sp³-hybridized carbons (Fsp3) is 0.150. The summed E-state index contributed by atoms with van der Waals surface area (Å²) in [6.45, 7) is 1.30. The molecule has 2 aromatic heterocycles. The zero-order valence-corrected chi connectivity index (χ0v) is 18.2. The van der Waals surface area contributed by atoms with Crippen LogP contribution in [0.5, 0.6) is 0 Å². The second kappa shape index (κ2) is 8.49. The van der Waals surface area contributed by atoms with Crippen molar-refractivity contribution < 1.29 is 18.0 Å². The van der Waals surface area contributed by atoms with Crippen molar-refractivity contribution >= 4 is 46.0 Å². The van der Waals surface area contributed by atoms with Gasteiger partial charge in [0.2, 0.25) is 5.91 Å². The maximum Gasteiger partial charge on any atom is 0.416 e. The van der Waals surface area contributed by atoms with E-state index in [2.05, 4.69) is 20.6 Å². The molecule has 8 nitrogen and oxygen atoms in total. The molecule has 1 N–H and O–H groups in total. The summed E-state index contributed by atoms with van der Waals surface area (Å²) in [6.07, 6.45) is -3.49. The van der Waals surface area contributed by atoms with Gasteiger partial charge >= 0.3 is 6.18 Å². The van der Waals surface area contributed by atoms with Crippen LogP contribution in [-0.2, 0) is 17.5 Å². The second-order valence-electron chi connectivity index (χ2n) is 7.03. The lowest BCUT2D eigenvalue weighted by Crippen LogP contribution is -2.28. The van der Waals surface area contributed by atoms with E-state index in [1.165, 1.54) is 4.68 Å². The quantitative estimate of drug-likeness (QED) is 0.455. The molecule has 170 valence electrons. The van der Waals surface area contributed by atoms with Gasteiger partial charge < -0.3 is 5.32 Å². The lowest BCUT2D eigenvalue weighted by molar-refractivity contribution is -0.137. The Labute approximate surface area is 193 Å². The van der Waals surface area contributed by atoms with Crippen molar-refractivity contribution in [2.45, 2.75) is 19.6 Å². The summed E-state index contributed by atoms with van der Waals surface area (Å²) in [5.74, 6) is -0.780. The first-order chi connectivity index (χ1) is 15.5. The van der Waals surface area contributed by atoms with Gasteiger partial charge in [0.1, 0.15) is 12.9 Å². The molecule has 4 aromatic rings. The Bertz CT molecular complexity index is 1450. The van der Waals surface area contributed by atoms with Crippen molar-refractivity contribution in [3.63, 3.8) is 0 Å². The summed E-state index contributed by atoms with van der Waals surface area (Å²) in [4.78, 5) is 29.3. The highest BCUT2D eigenvalue weighted by molar-refractivity contribution is 6.33. The predicted molar refractivity (Wildman–Crippen MR) is 116 cm³/mol. The number of carbonyl (C=O) groups excluding carboxylic acids is 1. The fourth-order valence-corrected chi connectivity index (χ4v) is 3.33. The van der Waals surface area contributed by atoms with Gasteiger partial charge in [-0.25, -0.2) is 4.98 Å². The Hall–Kier alpha value is -3.44. The van der Waals surface area contributed by atoms with Gasteiger partial charge in [-0.2, -0.15) is 17.9 Å². The number of hydrogen-bond acceptors (Lipinski definition) is 5. The van der Waals surface area contributed by atoms with Crippen molar-refractivity contribution in [2.75, 3.05) is 5.32 Å². The highest BCUT2D eigenvalue weighted by atomic mass is 35.5. The Kier molecular flexibility index (Phi) is 5.85. The standard InChI is InChI=1S/C20H13Cl2F3N6O2/c1-10-2-4-12(7-14(10)22)31-18-17(28-29-31)19(33)30(9-26-18)8-16(32)27-15-6-11(20(23,24)25)3-5-13(15)21/h2-7,9H,8H2,1H3,(H,27,32). The largest absolute Gasteiger partial charge is 0.416 e. The SMILES string of the molecule is Cc1ccc(-n2nnc3c(=O)n(CC(=O)Nc4cc(C(F)(F)F)ccc4Cl)cnc32)cc1Cl. The molecule has 0 radical (unpaired) electrons. The minimum atomic E-state index is -4.61. The van der Waals surface area contributed by atoms with Crippen LogP contribution in [0.4, 0.5) is 18.9 Å². The van der Waals surface area contributed by atoms with Crippen molar-refractivity contribution in [2.24, 2.45) is 0 Å². The molecule has 0 bridgehead atoms. The van der Waals surface area contributed by atoms with Crippen LogP contribution >= 0.6 is 23.2 Å². The third-order valence-corrected chi connectivity index (χ3v) is 5.45. The van der Waals surface area contributed by atoms with E-state index in [1.54, 1.807) is 18.2 Å². The smallest absolute Gasteiger partial charge is 0.323 e. The third kappa shape index (κ3) is 4.55. The first-order valence-corrected chi connectivity index (χ1v) is 10.0.